The molecule has 0 aliphatic carbocycles. The zero-order valence-corrected chi connectivity index (χ0v) is 12.5. The molecule has 2 saturated heterocycles. The highest BCUT2D eigenvalue weighted by molar-refractivity contribution is 5.81. The molecule has 0 aromatic heterocycles. The number of carbonyl (C=O) groups is 2. The fourth-order valence-electron chi connectivity index (χ4n) is 3.03. The molecule has 0 radical (unpaired) electrons. The van der Waals surface area contributed by atoms with Gasteiger partial charge in [0.15, 0.2) is 0 Å². The van der Waals surface area contributed by atoms with Crippen molar-refractivity contribution in [2.45, 2.75) is 57.1 Å². The number of carboxylic acids is 1. The van der Waals surface area contributed by atoms with Gasteiger partial charge >= 0.3 is 5.97 Å². The number of rotatable bonds is 6. The van der Waals surface area contributed by atoms with Gasteiger partial charge in [-0.1, -0.05) is 0 Å². The molecular formula is C15H25NO5. The molecule has 1 unspecified atom stereocenters. The van der Waals surface area contributed by atoms with Gasteiger partial charge in [0.05, 0.1) is 6.10 Å². The topological polar surface area (TPSA) is 76.1 Å². The van der Waals surface area contributed by atoms with Crippen LogP contribution in [0.1, 0.15) is 44.9 Å². The Morgan fingerprint density at radius 1 is 1.10 bits per heavy atom. The summed E-state index contributed by atoms with van der Waals surface area (Å²) < 4.78 is 10.9. The minimum Gasteiger partial charge on any atom is -0.480 e. The Labute approximate surface area is 125 Å². The average molecular weight is 299 g/mol. The molecule has 6 nitrogen and oxygen atoms in total. The number of hydrogen-bond donors (Lipinski definition) is 1. The van der Waals surface area contributed by atoms with Crippen LogP contribution >= 0.6 is 0 Å². The summed E-state index contributed by atoms with van der Waals surface area (Å²) in [6, 6.07) is -0.00498. The van der Waals surface area contributed by atoms with E-state index in [1.807, 2.05) is 0 Å². The van der Waals surface area contributed by atoms with Gasteiger partial charge in [-0.2, -0.15) is 0 Å². The Balaban J connectivity index is 1.85. The van der Waals surface area contributed by atoms with Crippen molar-refractivity contribution < 1.29 is 24.2 Å². The number of hydrogen-bond acceptors (Lipinski definition) is 4. The van der Waals surface area contributed by atoms with Crippen molar-refractivity contribution in [3.63, 3.8) is 0 Å². The van der Waals surface area contributed by atoms with E-state index in [2.05, 4.69) is 0 Å². The van der Waals surface area contributed by atoms with Crippen LogP contribution in [0.25, 0.3) is 0 Å². The van der Waals surface area contributed by atoms with Crippen LogP contribution in [0.4, 0.5) is 0 Å². The maximum absolute atomic E-state index is 12.4. The fraction of sp³-hybridized carbons (Fsp3) is 0.867. The second-order valence-corrected chi connectivity index (χ2v) is 5.79. The van der Waals surface area contributed by atoms with E-state index in [0.717, 1.165) is 38.7 Å². The number of aliphatic carboxylic acids is 1. The van der Waals surface area contributed by atoms with Crippen LogP contribution in [-0.2, 0) is 19.1 Å². The molecule has 1 N–H and O–H groups in total. The third kappa shape index (κ3) is 5.28. The summed E-state index contributed by atoms with van der Waals surface area (Å²) in [4.78, 5) is 24.9. The highest BCUT2D eigenvalue weighted by atomic mass is 16.5. The van der Waals surface area contributed by atoms with Gasteiger partial charge in [-0.15, -0.1) is 0 Å². The molecule has 0 aromatic rings. The summed E-state index contributed by atoms with van der Waals surface area (Å²) in [5, 5.41) is 9.03. The van der Waals surface area contributed by atoms with Crippen molar-refractivity contribution in [1.82, 2.24) is 4.90 Å². The first-order valence-corrected chi connectivity index (χ1v) is 7.87. The minimum absolute atomic E-state index is 0.00498. The molecule has 0 saturated carbocycles. The Bertz CT molecular complexity index is 348. The van der Waals surface area contributed by atoms with Crippen molar-refractivity contribution in [2.24, 2.45) is 0 Å². The van der Waals surface area contributed by atoms with Gasteiger partial charge in [0, 0.05) is 32.3 Å². The molecule has 0 bridgehead atoms. The van der Waals surface area contributed by atoms with Crippen LogP contribution in [0.3, 0.4) is 0 Å². The molecule has 21 heavy (non-hydrogen) atoms. The smallest absolute Gasteiger partial charge is 0.323 e. The molecular weight excluding hydrogens is 274 g/mol. The Morgan fingerprint density at radius 3 is 2.48 bits per heavy atom. The van der Waals surface area contributed by atoms with Crippen LogP contribution < -0.4 is 0 Å². The van der Waals surface area contributed by atoms with E-state index < -0.39 is 5.97 Å². The van der Waals surface area contributed by atoms with Crippen molar-refractivity contribution in [3.8, 4) is 0 Å². The van der Waals surface area contributed by atoms with Crippen LogP contribution in [0, 0.1) is 0 Å². The van der Waals surface area contributed by atoms with Gasteiger partial charge in [0.2, 0.25) is 5.91 Å². The standard InChI is InChI=1S/C15H25NO5/c17-14(5-4-13-3-1-2-8-21-13)16(11-15(18)19)12-6-9-20-10-7-12/h12-13H,1-11H2,(H,18,19). The van der Waals surface area contributed by atoms with E-state index >= 15 is 0 Å². The maximum atomic E-state index is 12.4. The third-order valence-electron chi connectivity index (χ3n) is 4.21. The van der Waals surface area contributed by atoms with Crippen molar-refractivity contribution in [3.05, 3.63) is 0 Å². The molecule has 1 atom stereocenters. The monoisotopic (exact) mass is 299 g/mol. The predicted octanol–water partition coefficient (Wildman–Crippen LogP) is 1.43. The van der Waals surface area contributed by atoms with Gasteiger partial charge in [-0.25, -0.2) is 0 Å². The molecule has 0 spiro atoms. The lowest BCUT2D eigenvalue weighted by Crippen LogP contribution is -2.46. The van der Waals surface area contributed by atoms with Gasteiger partial charge in [-0.05, 0) is 38.5 Å². The van der Waals surface area contributed by atoms with Crippen molar-refractivity contribution >= 4 is 11.9 Å². The lowest BCUT2D eigenvalue weighted by molar-refractivity contribution is -0.148. The van der Waals surface area contributed by atoms with Gasteiger partial charge in [-0.3, -0.25) is 9.59 Å². The number of amides is 1. The SMILES string of the molecule is O=C(O)CN(C(=O)CCC1CCCCO1)C1CCOCC1. The van der Waals surface area contributed by atoms with Gasteiger partial charge in [0.25, 0.3) is 0 Å². The first-order chi connectivity index (χ1) is 10.2. The molecule has 2 aliphatic rings. The normalized spacial score (nSPS) is 23.7. The lowest BCUT2D eigenvalue weighted by atomic mass is 10.0. The van der Waals surface area contributed by atoms with Crippen LogP contribution in [0.2, 0.25) is 0 Å². The van der Waals surface area contributed by atoms with E-state index in [1.165, 1.54) is 4.90 Å². The number of carboxylic acid groups (broad SMARTS) is 1. The van der Waals surface area contributed by atoms with Crippen LogP contribution in [-0.4, -0.2) is 60.4 Å². The second-order valence-electron chi connectivity index (χ2n) is 5.79. The molecule has 2 heterocycles. The Morgan fingerprint density at radius 2 is 1.86 bits per heavy atom. The highest BCUT2D eigenvalue weighted by Crippen LogP contribution is 2.20. The second kappa shape index (κ2) is 8.34. The largest absolute Gasteiger partial charge is 0.480 e. The summed E-state index contributed by atoms with van der Waals surface area (Å²) in [5.74, 6) is -1.03. The van der Waals surface area contributed by atoms with E-state index in [4.69, 9.17) is 14.6 Å². The van der Waals surface area contributed by atoms with Crippen molar-refractivity contribution in [2.75, 3.05) is 26.4 Å². The zero-order chi connectivity index (χ0) is 15.1. The minimum atomic E-state index is -0.955. The Hall–Kier alpha value is -1.14. The maximum Gasteiger partial charge on any atom is 0.323 e. The summed E-state index contributed by atoms with van der Waals surface area (Å²) in [7, 11) is 0. The van der Waals surface area contributed by atoms with E-state index in [9.17, 15) is 9.59 Å². The molecule has 1 amide bonds. The molecule has 2 aliphatic heterocycles. The molecule has 6 heteroatoms. The Kier molecular flexibility index (Phi) is 6.45. The molecule has 2 fully saturated rings. The third-order valence-corrected chi connectivity index (χ3v) is 4.21. The van der Waals surface area contributed by atoms with Crippen LogP contribution in [0.5, 0.6) is 0 Å². The fourth-order valence-corrected chi connectivity index (χ4v) is 3.03. The highest BCUT2D eigenvalue weighted by Gasteiger charge is 2.28. The predicted molar refractivity (Wildman–Crippen MR) is 76.0 cm³/mol. The number of carbonyl (C=O) groups excluding carboxylic acids is 1. The van der Waals surface area contributed by atoms with Crippen LogP contribution in [0.15, 0.2) is 0 Å². The average Bonchev–Trinajstić information content (AvgIpc) is 2.52. The first kappa shape index (κ1) is 16.2. The van der Waals surface area contributed by atoms with Gasteiger partial charge < -0.3 is 19.5 Å². The summed E-state index contributed by atoms with van der Waals surface area (Å²) >= 11 is 0. The molecule has 0 aromatic carbocycles. The summed E-state index contributed by atoms with van der Waals surface area (Å²) in [6.07, 6.45) is 5.91. The first-order valence-electron chi connectivity index (χ1n) is 7.87. The summed E-state index contributed by atoms with van der Waals surface area (Å²) in [6.45, 7) is 1.76. The van der Waals surface area contributed by atoms with E-state index in [-0.39, 0.29) is 24.6 Å². The number of nitrogens with zero attached hydrogens (tertiary/aromatic N) is 1. The zero-order valence-electron chi connectivity index (χ0n) is 12.5. The quantitative estimate of drug-likeness (QED) is 0.803. The lowest BCUT2D eigenvalue weighted by Gasteiger charge is -2.33. The van der Waals surface area contributed by atoms with E-state index in [1.54, 1.807) is 0 Å². The van der Waals surface area contributed by atoms with Gasteiger partial charge in [0.1, 0.15) is 6.54 Å². The summed E-state index contributed by atoms with van der Waals surface area (Å²) in [5.41, 5.74) is 0. The molecule has 120 valence electrons. The number of ether oxygens (including phenoxy) is 2. The van der Waals surface area contributed by atoms with E-state index in [0.29, 0.717) is 26.1 Å². The van der Waals surface area contributed by atoms with Crippen molar-refractivity contribution in [1.29, 1.82) is 0 Å². The molecule has 2 rings (SSSR count).